The van der Waals surface area contributed by atoms with Crippen molar-refractivity contribution in [1.82, 2.24) is 0 Å². The van der Waals surface area contributed by atoms with Gasteiger partial charge < -0.3 is 7.16 Å². The molecule has 0 heterocycles. The van der Waals surface area contributed by atoms with E-state index in [4.69, 9.17) is 4.79 Å². The third-order valence-electron chi connectivity index (χ3n) is 0. The zero-order valence-corrected chi connectivity index (χ0v) is 7.48. The molecular weight excluding hydrogens is 127 g/mol. The molecule has 0 aromatic carbocycles. The number of nitrogens with two attached hydrogens (primary N) is 1. The molecule has 1 amide bonds. The normalized spacial score (nSPS) is 3.00. The fourth-order valence-electron chi connectivity index (χ4n) is 0. The van der Waals surface area contributed by atoms with E-state index in [2.05, 4.69) is 5.73 Å². The van der Waals surface area contributed by atoms with Gasteiger partial charge in [-0.3, -0.25) is 4.79 Å². The molecule has 0 aromatic rings. The molecule has 20 valence electrons. The fraction of sp³-hybridized carbons (Fsp3) is 0. The van der Waals surface area contributed by atoms with Crippen LogP contribution in [0.3, 0.4) is 0 Å². The van der Waals surface area contributed by atoms with Crippen LogP contribution in [0.1, 0.15) is 1.43 Å². The van der Waals surface area contributed by atoms with E-state index in [-0.39, 0.29) is 66.0 Å². The van der Waals surface area contributed by atoms with Crippen LogP contribution in [0.5, 0.6) is 0 Å². The Hall–Kier alpha value is 1.28. The molecule has 0 atom stereocenters. The third-order valence-corrected chi connectivity index (χ3v) is 0. The van der Waals surface area contributed by atoms with Gasteiger partial charge in [0.2, 0.25) is 6.41 Å². The van der Waals surface area contributed by atoms with Gasteiger partial charge >= 0.3 is 58.2 Å². The Morgan fingerprint density at radius 2 is 2.00 bits per heavy atom. The van der Waals surface area contributed by atoms with Gasteiger partial charge in [0, 0.05) is 0 Å². The number of amides is 1. The molecule has 2 nitrogen and oxygen atoms in total. The summed E-state index contributed by atoms with van der Waals surface area (Å²) in [5.74, 6) is 0. The summed E-state index contributed by atoms with van der Waals surface area (Å²) < 4.78 is 0. The molecule has 2 N–H and O–H groups in total. The molecule has 3 heteroatoms. The molecule has 0 unspecified atom stereocenters. The Kier molecular flexibility index (Phi) is 19.9. The van der Waals surface area contributed by atoms with Gasteiger partial charge in [-0.15, -0.1) is 0 Å². The summed E-state index contributed by atoms with van der Waals surface area (Å²) in [6.07, 6.45) is 0.250. The molecule has 0 aliphatic carbocycles. The Labute approximate surface area is 75.0 Å². The van der Waals surface area contributed by atoms with Crippen LogP contribution in [0.4, 0.5) is 0 Å². The largest absolute Gasteiger partial charge is 1.00 e. The first-order chi connectivity index (χ1) is 1.41. The molecule has 0 fully saturated rings. The second-order valence-electron chi connectivity index (χ2n) is 0.136. The Morgan fingerprint density at radius 1 is 2.00 bits per heavy atom. The summed E-state index contributed by atoms with van der Waals surface area (Å²) in [6, 6.07) is 0. The number of hydrogen-bond acceptors (Lipinski definition) is 1. The van der Waals surface area contributed by atoms with Crippen LogP contribution in [-0.2, 0) is 4.79 Å². The van der Waals surface area contributed by atoms with E-state index in [1.54, 1.807) is 0 Å². The quantitative estimate of drug-likeness (QED) is 0.337. The molecule has 0 radical (unpaired) electrons. The average molecular weight is 132 g/mol. The van der Waals surface area contributed by atoms with Gasteiger partial charge in [0.15, 0.2) is 0 Å². The van der Waals surface area contributed by atoms with Crippen LogP contribution in [0, 0.1) is 0 Å². The van der Waals surface area contributed by atoms with Gasteiger partial charge in [-0.25, -0.2) is 0 Å². The maximum atomic E-state index is 8.58. The standard InChI is InChI=1S/CH3NO.Rb.H/c2-1-3;;/h1H,(H2,2,3);;/q;+1;-1. The number of carbonyl (C=O) groups excluding carboxylic acids is 1. The van der Waals surface area contributed by atoms with Gasteiger partial charge in [-0.1, -0.05) is 0 Å². The van der Waals surface area contributed by atoms with Crippen molar-refractivity contribution in [2.24, 2.45) is 5.73 Å². The summed E-state index contributed by atoms with van der Waals surface area (Å²) in [5.41, 5.74) is 4.17. The Bertz CT molecular complexity index is 19.1. The number of rotatable bonds is 0. The van der Waals surface area contributed by atoms with E-state index < -0.39 is 0 Å². The maximum Gasteiger partial charge on any atom is 1.00 e. The van der Waals surface area contributed by atoms with Gasteiger partial charge in [-0.05, 0) is 0 Å². The monoisotopic (exact) mass is 131 g/mol. The Balaban J connectivity index is -0.0000000200. The van der Waals surface area contributed by atoms with Crippen LogP contribution in [0.2, 0.25) is 0 Å². The molecule has 0 bridgehead atoms. The SMILES string of the molecule is NC=O.[H-].[Rb+]. The van der Waals surface area contributed by atoms with Crippen LogP contribution in [-0.4, -0.2) is 6.41 Å². The van der Waals surface area contributed by atoms with Crippen molar-refractivity contribution in [3.63, 3.8) is 0 Å². The van der Waals surface area contributed by atoms with Crippen molar-refractivity contribution in [2.45, 2.75) is 0 Å². The van der Waals surface area contributed by atoms with Crippen molar-refractivity contribution < 1.29 is 64.4 Å². The summed E-state index contributed by atoms with van der Waals surface area (Å²) >= 11 is 0. The van der Waals surface area contributed by atoms with Gasteiger partial charge in [0.05, 0.1) is 0 Å². The van der Waals surface area contributed by atoms with Gasteiger partial charge in [0.25, 0.3) is 0 Å². The van der Waals surface area contributed by atoms with Crippen molar-refractivity contribution in [1.29, 1.82) is 0 Å². The molecule has 0 aromatic heterocycles. The summed E-state index contributed by atoms with van der Waals surface area (Å²) in [6.45, 7) is 0. The molecule has 0 saturated heterocycles. The van der Waals surface area contributed by atoms with E-state index in [1.807, 2.05) is 0 Å². The summed E-state index contributed by atoms with van der Waals surface area (Å²) in [7, 11) is 0. The van der Waals surface area contributed by atoms with Crippen LogP contribution in [0.25, 0.3) is 0 Å². The third kappa shape index (κ3) is 10.4. The number of primary amides is 1. The summed E-state index contributed by atoms with van der Waals surface area (Å²) in [5, 5.41) is 0. The topological polar surface area (TPSA) is 43.1 Å². The van der Waals surface area contributed by atoms with Gasteiger partial charge in [0.1, 0.15) is 0 Å². The average Bonchev–Trinajstić information content (AvgIpc) is 0.918. The van der Waals surface area contributed by atoms with E-state index in [0.29, 0.717) is 0 Å². The molecule has 0 aliphatic rings. The molecule has 0 saturated carbocycles. The zero-order chi connectivity index (χ0) is 2.71. The zero-order valence-electron chi connectivity index (χ0n) is 3.56. The van der Waals surface area contributed by atoms with E-state index in [9.17, 15) is 0 Å². The number of carbonyl (C=O) groups is 1. The van der Waals surface area contributed by atoms with E-state index in [1.165, 1.54) is 0 Å². The maximum absolute atomic E-state index is 8.58. The first-order valence-electron chi connectivity index (χ1n) is 0.569. The first-order valence-corrected chi connectivity index (χ1v) is 0.569. The minimum atomic E-state index is 0. The molecule has 0 rings (SSSR count). The van der Waals surface area contributed by atoms with Crippen LogP contribution in [0.15, 0.2) is 0 Å². The van der Waals surface area contributed by atoms with Crippen LogP contribution >= 0.6 is 0 Å². The smallest absolute Gasteiger partial charge is 1.00 e. The molecule has 0 spiro atoms. The minimum absolute atomic E-state index is 0. The first kappa shape index (κ1) is 8.99. The fourth-order valence-corrected chi connectivity index (χ4v) is 0. The second-order valence-corrected chi connectivity index (χ2v) is 0.136. The molecule has 0 aliphatic heterocycles. The summed E-state index contributed by atoms with van der Waals surface area (Å²) in [4.78, 5) is 8.58. The Morgan fingerprint density at radius 3 is 2.00 bits per heavy atom. The van der Waals surface area contributed by atoms with E-state index >= 15 is 0 Å². The minimum Gasteiger partial charge on any atom is -1.00 e. The van der Waals surface area contributed by atoms with Crippen LogP contribution < -0.4 is 63.9 Å². The van der Waals surface area contributed by atoms with Crippen molar-refractivity contribution in [3.05, 3.63) is 0 Å². The van der Waals surface area contributed by atoms with Crippen molar-refractivity contribution >= 4 is 6.41 Å². The molecule has 4 heavy (non-hydrogen) atoms. The predicted molar refractivity (Wildman–Crippen MR) is 11.4 cm³/mol. The van der Waals surface area contributed by atoms with Crippen molar-refractivity contribution in [3.8, 4) is 0 Å². The number of hydrogen-bond donors (Lipinski definition) is 1. The van der Waals surface area contributed by atoms with Crippen molar-refractivity contribution in [2.75, 3.05) is 0 Å². The van der Waals surface area contributed by atoms with Gasteiger partial charge in [-0.2, -0.15) is 0 Å². The molecular formula is CH4NORb. The van der Waals surface area contributed by atoms with E-state index in [0.717, 1.165) is 0 Å². The second kappa shape index (κ2) is 8.86. The predicted octanol–water partition coefficient (Wildman–Crippen LogP) is -3.78.